The first kappa shape index (κ1) is 16.9. The third-order valence-electron chi connectivity index (χ3n) is 5.47. The van der Waals surface area contributed by atoms with Gasteiger partial charge in [0.2, 0.25) is 5.95 Å². The lowest BCUT2D eigenvalue weighted by molar-refractivity contribution is 0.801. The van der Waals surface area contributed by atoms with Crippen LogP contribution in [0.25, 0.3) is 16.6 Å². The van der Waals surface area contributed by atoms with Crippen LogP contribution in [0.5, 0.6) is 0 Å². The maximum absolute atomic E-state index is 5.10. The molecular weight excluding hydrogens is 350 g/mol. The largest absolute Gasteiger partial charge is 0.356 e. The molecule has 142 valence electrons. The second-order valence-corrected chi connectivity index (χ2v) is 7.41. The Kier molecular flexibility index (Phi) is 4.07. The van der Waals surface area contributed by atoms with E-state index in [1.165, 1.54) is 29.4 Å². The van der Waals surface area contributed by atoms with Crippen LogP contribution in [0.4, 0.5) is 11.8 Å². The highest BCUT2D eigenvalue weighted by Crippen LogP contribution is 2.32. The Morgan fingerprint density at radius 3 is 2.82 bits per heavy atom. The summed E-state index contributed by atoms with van der Waals surface area (Å²) in [6.07, 6.45) is 5.73. The molecule has 28 heavy (non-hydrogen) atoms. The molecule has 3 aromatic heterocycles. The topological polar surface area (TPSA) is 71.2 Å². The molecule has 0 unspecified atom stereocenters. The Hall–Kier alpha value is -3.22. The molecule has 0 aliphatic carbocycles. The number of hydrogen-bond acceptors (Lipinski definition) is 6. The minimum absolute atomic E-state index is 0.0234. The lowest BCUT2D eigenvalue weighted by Crippen LogP contribution is -2.23. The minimum atomic E-state index is 0.0234. The van der Waals surface area contributed by atoms with Crippen molar-refractivity contribution in [3.63, 3.8) is 0 Å². The van der Waals surface area contributed by atoms with Crippen LogP contribution in [0.2, 0.25) is 0 Å². The number of aromatic nitrogens is 5. The van der Waals surface area contributed by atoms with Crippen LogP contribution in [-0.2, 0) is 0 Å². The average Bonchev–Trinajstić information content (AvgIpc) is 3.40. The van der Waals surface area contributed by atoms with E-state index >= 15 is 0 Å². The van der Waals surface area contributed by atoms with Crippen LogP contribution >= 0.6 is 0 Å². The van der Waals surface area contributed by atoms with Crippen molar-refractivity contribution in [2.24, 2.45) is 0 Å². The molecule has 0 amide bonds. The quantitative estimate of drug-likeness (QED) is 0.587. The van der Waals surface area contributed by atoms with Crippen molar-refractivity contribution in [2.75, 3.05) is 23.3 Å². The normalized spacial score (nSPS) is 15.4. The van der Waals surface area contributed by atoms with Crippen LogP contribution in [0, 0.1) is 6.92 Å². The van der Waals surface area contributed by atoms with Gasteiger partial charge in [-0.2, -0.15) is 9.61 Å². The first-order chi connectivity index (χ1) is 13.7. The van der Waals surface area contributed by atoms with Gasteiger partial charge in [-0.05, 0) is 38.3 Å². The molecule has 0 radical (unpaired) electrons. The molecule has 0 bridgehead atoms. The predicted octanol–water partition coefficient (Wildman–Crippen LogP) is 3.75. The first-order valence-electron chi connectivity index (χ1n) is 9.77. The highest BCUT2D eigenvalue weighted by Gasteiger charge is 2.22. The number of hydrogen-bond donors (Lipinski definition) is 1. The van der Waals surface area contributed by atoms with Crippen molar-refractivity contribution in [1.29, 1.82) is 0 Å². The SMILES string of the molecule is Cc1cccc2cc([C@H](C)Nc3ncnc4ccnn34)c(N3CCCC3)nc12. The van der Waals surface area contributed by atoms with E-state index in [4.69, 9.17) is 4.98 Å². The maximum atomic E-state index is 5.10. The molecule has 7 nitrogen and oxygen atoms in total. The summed E-state index contributed by atoms with van der Waals surface area (Å²) in [6.45, 7) is 6.39. The number of fused-ring (bicyclic) bond motifs is 2. The molecule has 7 heteroatoms. The summed E-state index contributed by atoms with van der Waals surface area (Å²) in [4.78, 5) is 16.1. The van der Waals surface area contributed by atoms with E-state index in [-0.39, 0.29) is 6.04 Å². The van der Waals surface area contributed by atoms with Crippen LogP contribution in [0.1, 0.15) is 36.9 Å². The Morgan fingerprint density at radius 2 is 1.96 bits per heavy atom. The number of pyridine rings is 1. The molecule has 1 aliphatic heterocycles. The smallest absolute Gasteiger partial charge is 0.227 e. The van der Waals surface area contributed by atoms with Gasteiger partial charge < -0.3 is 10.2 Å². The fraction of sp³-hybridized carbons (Fsp3) is 0.333. The summed E-state index contributed by atoms with van der Waals surface area (Å²) < 4.78 is 1.73. The van der Waals surface area contributed by atoms with E-state index in [1.807, 2.05) is 6.07 Å². The maximum Gasteiger partial charge on any atom is 0.227 e. The van der Waals surface area contributed by atoms with E-state index in [0.717, 1.165) is 30.1 Å². The molecule has 1 fully saturated rings. The molecular formula is C21H23N7. The Balaban J connectivity index is 1.60. The van der Waals surface area contributed by atoms with E-state index in [0.29, 0.717) is 5.95 Å². The second-order valence-electron chi connectivity index (χ2n) is 7.41. The summed E-state index contributed by atoms with van der Waals surface area (Å²) in [6, 6.07) is 10.5. The van der Waals surface area contributed by atoms with E-state index < -0.39 is 0 Å². The monoisotopic (exact) mass is 373 g/mol. The van der Waals surface area contributed by atoms with Crippen LogP contribution in [0.15, 0.2) is 42.9 Å². The molecule has 4 heterocycles. The molecule has 1 atom stereocenters. The summed E-state index contributed by atoms with van der Waals surface area (Å²) >= 11 is 0. The lowest BCUT2D eigenvalue weighted by Gasteiger charge is -2.25. The number of para-hydroxylation sites is 1. The number of rotatable bonds is 4. The van der Waals surface area contributed by atoms with Crippen molar-refractivity contribution < 1.29 is 0 Å². The molecule has 1 aromatic carbocycles. The fourth-order valence-electron chi connectivity index (χ4n) is 3.98. The van der Waals surface area contributed by atoms with E-state index in [1.54, 1.807) is 17.0 Å². The second kappa shape index (κ2) is 6.74. The van der Waals surface area contributed by atoms with Gasteiger partial charge >= 0.3 is 0 Å². The van der Waals surface area contributed by atoms with Crippen molar-refractivity contribution in [2.45, 2.75) is 32.7 Å². The summed E-state index contributed by atoms with van der Waals surface area (Å²) in [5.74, 6) is 1.75. The van der Waals surface area contributed by atoms with Crippen LogP contribution in [-0.4, -0.2) is 37.7 Å². The predicted molar refractivity (Wildman–Crippen MR) is 111 cm³/mol. The molecule has 1 N–H and O–H groups in total. The van der Waals surface area contributed by atoms with Crippen molar-refractivity contribution in [3.8, 4) is 0 Å². The molecule has 0 spiro atoms. The first-order valence-corrected chi connectivity index (χ1v) is 9.77. The summed E-state index contributed by atoms with van der Waals surface area (Å²) in [5.41, 5.74) is 4.24. The van der Waals surface area contributed by atoms with Gasteiger partial charge in [-0.1, -0.05) is 18.2 Å². The number of benzene rings is 1. The fourth-order valence-corrected chi connectivity index (χ4v) is 3.98. The van der Waals surface area contributed by atoms with E-state index in [2.05, 4.69) is 63.4 Å². The highest BCUT2D eigenvalue weighted by atomic mass is 15.3. The molecule has 4 aromatic rings. The standard InChI is InChI=1S/C21H23N7/c1-14-6-5-7-16-12-17(20(26-19(14)16)27-10-3-4-11-27)15(2)25-21-23-13-22-18-8-9-24-28(18)21/h5-9,12-13,15H,3-4,10-11H2,1-2H3,(H,22,23,25)/t15-/m0/s1. The van der Waals surface area contributed by atoms with Gasteiger partial charge in [-0.15, -0.1) is 0 Å². The van der Waals surface area contributed by atoms with Gasteiger partial charge in [0, 0.05) is 30.1 Å². The number of anilines is 2. The van der Waals surface area contributed by atoms with Crippen molar-refractivity contribution in [3.05, 3.63) is 54.0 Å². The van der Waals surface area contributed by atoms with Crippen molar-refractivity contribution >= 4 is 28.3 Å². The number of nitrogens with zero attached hydrogens (tertiary/aromatic N) is 6. The molecule has 1 saturated heterocycles. The zero-order valence-electron chi connectivity index (χ0n) is 16.1. The summed E-state index contributed by atoms with van der Waals surface area (Å²) in [7, 11) is 0. The van der Waals surface area contributed by atoms with Gasteiger partial charge in [-0.3, -0.25) is 0 Å². The third kappa shape index (κ3) is 2.83. The number of nitrogens with one attached hydrogen (secondary N) is 1. The molecule has 5 rings (SSSR count). The lowest BCUT2D eigenvalue weighted by atomic mass is 10.0. The van der Waals surface area contributed by atoms with Gasteiger partial charge in [0.25, 0.3) is 0 Å². The van der Waals surface area contributed by atoms with Gasteiger partial charge in [-0.25, -0.2) is 15.0 Å². The Bertz CT molecular complexity index is 1140. The van der Waals surface area contributed by atoms with Gasteiger partial charge in [0.05, 0.1) is 17.8 Å². The average molecular weight is 373 g/mol. The zero-order chi connectivity index (χ0) is 19.1. The van der Waals surface area contributed by atoms with Gasteiger partial charge in [0.15, 0.2) is 5.65 Å². The van der Waals surface area contributed by atoms with Crippen molar-refractivity contribution in [1.82, 2.24) is 24.6 Å². The van der Waals surface area contributed by atoms with Gasteiger partial charge in [0.1, 0.15) is 12.1 Å². The van der Waals surface area contributed by atoms with E-state index in [9.17, 15) is 0 Å². The minimum Gasteiger partial charge on any atom is -0.356 e. The Labute approximate surface area is 163 Å². The van der Waals surface area contributed by atoms with Crippen LogP contribution in [0.3, 0.4) is 0 Å². The number of aryl methyl sites for hydroxylation is 1. The Morgan fingerprint density at radius 1 is 1.11 bits per heavy atom. The highest BCUT2D eigenvalue weighted by molar-refractivity contribution is 5.85. The molecule has 0 saturated carbocycles. The zero-order valence-corrected chi connectivity index (χ0v) is 16.1. The summed E-state index contributed by atoms with van der Waals surface area (Å²) in [5, 5.41) is 9.01. The van der Waals surface area contributed by atoms with Crippen LogP contribution < -0.4 is 10.2 Å². The molecule has 1 aliphatic rings. The third-order valence-corrected chi connectivity index (χ3v) is 5.47.